The van der Waals surface area contributed by atoms with E-state index in [-0.39, 0.29) is 16.5 Å². The van der Waals surface area contributed by atoms with E-state index in [9.17, 15) is 0 Å². The highest BCUT2D eigenvalue weighted by Crippen LogP contribution is 2.83. The fourth-order valence-electron chi connectivity index (χ4n) is 7.13. The summed E-state index contributed by atoms with van der Waals surface area (Å²) in [6, 6.07) is 0. The zero-order valence-electron chi connectivity index (χ0n) is 12.0. The lowest BCUT2D eigenvalue weighted by atomic mass is 9.36. The van der Waals surface area contributed by atoms with E-state index < -0.39 is 0 Å². The molecule has 0 aromatic rings. The summed E-state index contributed by atoms with van der Waals surface area (Å²) in [6.45, 7) is 9.68. The lowest BCUT2D eigenvalue weighted by molar-refractivity contribution is -0.211. The quantitative estimate of drug-likeness (QED) is 0.617. The number of hydrogen-bond donors (Lipinski definition) is 0. The van der Waals surface area contributed by atoms with Crippen molar-refractivity contribution in [2.45, 2.75) is 58.0 Å². The van der Waals surface area contributed by atoms with Crippen molar-refractivity contribution in [3.63, 3.8) is 0 Å². The molecule has 0 radical (unpaired) electrons. The molecule has 0 aromatic heterocycles. The second-order valence-electron chi connectivity index (χ2n) is 8.58. The Morgan fingerprint density at radius 3 is 1.67 bits per heavy atom. The SMILES string of the molecule is CC1(C)[C@@]2(C)N=N[C@]1(C)[C@@H]1[C@H]3[C@@H]4CCC[C@@H]4[C@H]3[C@@H]12. The first-order valence-electron chi connectivity index (χ1n) is 7.87. The zero-order chi connectivity index (χ0) is 12.5. The van der Waals surface area contributed by atoms with Crippen LogP contribution in [0.4, 0.5) is 0 Å². The maximum absolute atomic E-state index is 4.80. The normalized spacial score (nSPS) is 69.1. The summed E-state index contributed by atoms with van der Waals surface area (Å²) in [6.07, 6.45) is 4.52. The van der Waals surface area contributed by atoms with Crippen LogP contribution in [0.2, 0.25) is 0 Å². The van der Waals surface area contributed by atoms with Crippen LogP contribution in [-0.4, -0.2) is 11.1 Å². The van der Waals surface area contributed by atoms with Crippen LogP contribution in [0.1, 0.15) is 47.0 Å². The van der Waals surface area contributed by atoms with E-state index in [1.165, 1.54) is 19.3 Å². The van der Waals surface area contributed by atoms with Crippen molar-refractivity contribution in [2.24, 2.45) is 51.2 Å². The van der Waals surface area contributed by atoms with E-state index in [1.807, 2.05) is 0 Å². The summed E-state index contributed by atoms with van der Waals surface area (Å²) < 4.78 is 0. The third-order valence-corrected chi connectivity index (χ3v) is 8.57. The number of nitrogens with zero attached hydrogens (tertiary/aromatic N) is 2. The molecular weight excluding hydrogens is 220 g/mol. The first-order valence-corrected chi connectivity index (χ1v) is 7.87. The van der Waals surface area contributed by atoms with E-state index in [0.29, 0.717) is 0 Å². The molecule has 0 aromatic carbocycles. The van der Waals surface area contributed by atoms with Crippen molar-refractivity contribution in [1.82, 2.24) is 0 Å². The Hall–Kier alpha value is -0.400. The molecule has 4 saturated carbocycles. The van der Waals surface area contributed by atoms with Crippen LogP contribution in [0.15, 0.2) is 10.2 Å². The molecular formula is C16H24N2. The van der Waals surface area contributed by atoms with Gasteiger partial charge in [-0.05, 0) is 62.2 Å². The first kappa shape index (κ1) is 10.4. The second-order valence-corrected chi connectivity index (χ2v) is 8.58. The van der Waals surface area contributed by atoms with Gasteiger partial charge in [-0.25, -0.2) is 0 Å². The molecule has 0 unspecified atom stereocenters. The zero-order valence-corrected chi connectivity index (χ0v) is 12.0. The van der Waals surface area contributed by atoms with Crippen molar-refractivity contribution in [2.75, 3.05) is 0 Å². The van der Waals surface area contributed by atoms with Gasteiger partial charge in [0.2, 0.25) is 0 Å². The average molecular weight is 244 g/mol. The number of hydrogen-bond acceptors (Lipinski definition) is 2. The van der Waals surface area contributed by atoms with E-state index in [2.05, 4.69) is 27.7 Å². The van der Waals surface area contributed by atoms with Gasteiger partial charge in [0.1, 0.15) is 0 Å². The summed E-state index contributed by atoms with van der Waals surface area (Å²) >= 11 is 0. The maximum atomic E-state index is 4.80. The van der Waals surface area contributed by atoms with E-state index in [4.69, 9.17) is 10.2 Å². The fraction of sp³-hybridized carbons (Fsp3) is 1.00. The minimum Gasteiger partial charge on any atom is -0.186 e. The molecule has 2 bridgehead atoms. The van der Waals surface area contributed by atoms with Gasteiger partial charge in [0, 0.05) is 5.41 Å². The van der Waals surface area contributed by atoms with Crippen LogP contribution < -0.4 is 0 Å². The summed E-state index contributed by atoms with van der Waals surface area (Å²) in [5.41, 5.74) is 0.545. The molecule has 1 aliphatic heterocycles. The Morgan fingerprint density at radius 2 is 1.22 bits per heavy atom. The van der Waals surface area contributed by atoms with Crippen molar-refractivity contribution >= 4 is 0 Å². The molecule has 8 atom stereocenters. The molecule has 4 aliphatic carbocycles. The van der Waals surface area contributed by atoms with Gasteiger partial charge in [-0.1, -0.05) is 20.3 Å². The van der Waals surface area contributed by atoms with E-state index >= 15 is 0 Å². The van der Waals surface area contributed by atoms with Gasteiger partial charge in [0.15, 0.2) is 0 Å². The van der Waals surface area contributed by atoms with Crippen molar-refractivity contribution < 1.29 is 0 Å². The summed E-state index contributed by atoms with van der Waals surface area (Å²) in [5.74, 6) is 5.91. The van der Waals surface area contributed by atoms with Gasteiger partial charge in [-0.15, -0.1) is 0 Å². The largest absolute Gasteiger partial charge is 0.186 e. The highest BCUT2D eigenvalue weighted by atomic mass is 15.3. The molecule has 2 heteroatoms. The highest BCUT2D eigenvalue weighted by Gasteiger charge is 2.85. The fourth-order valence-corrected chi connectivity index (χ4v) is 7.13. The standard InChI is InChI=1S/C16H24N2/c1-14(2)15(3)12-10-8-6-5-7-9(8)11(10)13(12)16(14,4)18-17-15/h8-13H,5-7H2,1-4H3/t8-,9+,10+,11-,12-,13+,15-,16+. The monoisotopic (exact) mass is 244 g/mol. The van der Waals surface area contributed by atoms with Gasteiger partial charge in [0.25, 0.3) is 0 Å². The molecule has 0 spiro atoms. The van der Waals surface area contributed by atoms with Crippen LogP contribution >= 0.6 is 0 Å². The molecule has 18 heavy (non-hydrogen) atoms. The lowest BCUT2D eigenvalue weighted by Gasteiger charge is -2.69. The van der Waals surface area contributed by atoms with Crippen LogP contribution in [0.25, 0.3) is 0 Å². The van der Waals surface area contributed by atoms with E-state index in [0.717, 1.165) is 35.5 Å². The van der Waals surface area contributed by atoms with Crippen LogP contribution in [0.3, 0.4) is 0 Å². The van der Waals surface area contributed by atoms with Gasteiger partial charge in [-0.3, -0.25) is 0 Å². The lowest BCUT2D eigenvalue weighted by Crippen LogP contribution is -2.68. The summed E-state index contributed by atoms with van der Waals surface area (Å²) in [4.78, 5) is 0. The van der Waals surface area contributed by atoms with Gasteiger partial charge in [-0.2, -0.15) is 10.2 Å². The molecule has 98 valence electrons. The summed E-state index contributed by atoms with van der Waals surface area (Å²) in [5, 5.41) is 9.60. The molecule has 2 nitrogen and oxygen atoms in total. The molecule has 0 amide bonds. The van der Waals surface area contributed by atoms with Crippen LogP contribution in [0, 0.1) is 40.9 Å². The van der Waals surface area contributed by atoms with Crippen molar-refractivity contribution in [3.8, 4) is 0 Å². The Kier molecular flexibility index (Phi) is 1.42. The number of rotatable bonds is 0. The maximum Gasteiger partial charge on any atom is 0.0897 e. The first-order chi connectivity index (χ1) is 8.43. The Labute approximate surface area is 110 Å². The Bertz CT molecular complexity index is 441. The van der Waals surface area contributed by atoms with Crippen LogP contribution in [0.5, 0.6) is 0 Å². The topological polar surface area (TPSA) is 24.7 Å². The van der Waals surface area contributed by atoms with Crippen LogP contribution in [-0.2, 0) is 0 Å². The average Bonchev–Trinajstić information content (AvgIpc) is 2.76. The molecule has 0 saturated heterocycles. The Balaban J connectivity index is 1.65. The van der Waals surface area contributed by atoms with Gasteiger partial charge < -0.3 is 0 Å². The third-order valence-electron chi connectivity index (χ3n) is 8.57. The molecule has 1 heterocycles. The molecule has 5 rings (SSSR count). The molecule has 5 aliphatic rings. The Morgan fingerprint density at radius 1 is 0.778 bits per heavy atom. The predicted octanol–water partition coefficient (Wildman–Crippen LogP) is 3.92. The highest BCUT2D eigenvalue weighted by molar-refractivity contribution is 5.36. The van der Waals surface area contributed by atoms with Crippen molar-refractivity contribution in [1.29, 1.82) is 0 Å². The van der Waals surface area contributed by atoms with Gasteiger partial charge >= 0.3 is 0 Å². The summed E-state index contributed by atoms with van der Waals surface area (Å²) in [7, 11) is 0. The molecule has 4 fully saturated rings. The minimum absolute atomic E-state index is 0.140. The van der Waals surface area contributed by atoms with Crippen molar-refractivity contribution in [3.05, 3.63) is 0 Å². The smallest absolute Gasteiger partial charge is 0.0897 e. The predicted molar refractivity (Wildman–Crippen MR) is 70.2 cm³/mol. The molecule has 0 N–H and O–H groups in total. The number of azo groups is 1. The second kappa shape index (κ2) is 2.45. The minimum atomic E-state index is 0.140. The number of fused-ring (bicyclic) bond motifs is 11. The van der Waals surface area contributed by atoms with Gasteiger partial charge in [0.05, 0.1) is 11.1 Å². The third kappa shape index (κ3) is 0.667. The van der Waals surface area contributed by atoms with E-state index in [1.54, 1.807) is 0 Å².